The number of hydrogen-bond acceptors (Lipinski definition) is 4. The largest absolute Gasteiger partial charge is 0.375 e. The molecular weight excluding hydrogens is 246 g/mol. The van der Waals surface area contributed by atoms with Crippen LogP contribution in [0.5, 0.6) is 0 Å². The van der Waals surface area contributed by atoms with E-state index < -0.39 is 0 Å². The quantitative estimate of drug-likeness (QED) is 0.823. The average molecular weight is 259 g/mol. The van der Waals surface area contributed by atoms with Crippen molar-refractivity contribution in [3.63, 3.8) is 0 Å². The lowest BCUT2D eigenvalue weighted by molar-refractivity contribution is 0.0956. The van der Waals surface area contributed by atoms with Crippen LogP contribution in [-0.2, 0) is 6.42 Å². The molecule has 0 aliphatic carbocycles. The lowest BCUT2D eigenvalue weighted by Crippen LogP contribution is -2.22. The molecule has 0 saturated carbocycles. The summed E-state index contributed by atoms with van der Waals surface area (Å²) in [5.41, 5.74) is 9.28. The molecule has 5 heteroatoms. The normalized spacial score (nSPS) is 14.8. The van der Waals surface area contributed by atoms with Crippen LogP contribution in [0.25, 0.3) is 11.3 Å². The highest BCUT2D eigenvalue weighted by Crippen LogP contribution is 2.26. The summed E-state index contributed by atoms with van der Waals surface area (Å²) in [6.07, 6.45) is 1.93. The van der Waals surface area contributed by atoms with Crippen LogP contribution in [0.15, 0.2) is 23.6 Å². The molecule has 18 heavy (non-hydrogen) atoms. The molecule has 1 aromatic carbocycles. The van der Waals surface area contributed by atoms with Crippen molar-refractivity contribution in [1.82, 2.24) is 10.3 Å². The van der Waals surface area contributed by atoms with Gasteiger partial charge in [0, 0.05) is 23.1 Å². The van der Waals surface area contributed by atoms with E-state index in [-0.39, 0.29) is 5.91 Å². The molecule has 0 atom stereocenters. The van der Waals surface area contributed by atoms with E-state index in [9.17, 15) is 4.79 Å². The van der Waals surface area contributed by atoms with E-state index in [4.69, 9.17) is 5.73 Å². The fourth-order valence-electron chi connectivity index (χ4n) is 2.16. The van der Waals surface area contributed by atoms with Crippen LogP contribution in [0.4, 0.5) is 5.13 Å². The zero-order valence-electron chi connectivity index (χ0n) is 9.77. The highest BCUT2D eigenvalue weighted by molar-refractivity contribution is 7.13. The van der Waals surface area contributed by atoms with E-state index in [1.54, 1.807) is 0 Å². The molecule has 92 valence electrons. The summed E-state index contributed by atoms with van der Waals surface area (Å²) in [5.74, 6) is 0.00699. The molecule has 1 aliphatic rings. The average Bonchev–Trinajstić information content (AvgIpc) is 2.72. The monoisotopic (exact) mass is 259 g/mol. The fourth-order valence-corrected chi connectivity index (χ4v) is 2.73. The summed E-state index contributed by atoms with van der Waals surface area (Å²) in [4.78, 5) is 16.2. The molecule has 2 heterocycles. The second kappa shape index (κ2) is 4.42. The molecule has 1 aromatic heterocycles. The van der Waals surface area contributed by atoms with Gasteiger partial charge in [-0.3, -0.25) is 4.79 Å². The number of thiazole rings is 1. The summed E-state index contributed by atoms with van der Waals surface area (Å²) in [6, 6.07) is 5.93. The van der Waals surface area contributed by atoms with Gasteiger partial charge in [-0.15, -0.1) is 11.3 Å². The van der Waals surface area contributed by atoms with Gasteiger partial charge >= 0.3 is 0 Å². The van der Waals surface area contributed by atoms with Crippen LogP contribution >= 0.6 is 11.3 Å². The Morgan fingerprint density at radius 1 is 1.39 bits per heavy atom. The zero-order chi connectivity index (χ0) is 12.5. The molecule has 2 aromatic rings. The number of nitrogens with two attached hydrogens (primary N) is 1. The first-order valence-electron chi connectivity index (χ1n) is 5.86. The van der Waals surface area contributed by atoms with E-state index in [0.29, 0.717) is 5.13 Å². The lowest BCUT2D eigenvalue weighted by atomic mass is 10.00. The molecule has 0 unspecified atom stereocenters. The highest BCUT2D eigenvalue weighted by atomic mass is 32.1. The van der Waals surface area contributed by atoms with Crippen LogP contribution in [0.2, 0.25) is 0 Å². The van der Waals surface area contributed by atoms with Crippen molar-refractivity contribution in [2.45, 2.75) is 12.8 Å². The van der Waals surface area contributed by atoms with Crippen molar-refractivity contribution in [3.05, 3.63) is 34.7 Å². The molecule has 0 bridgehead atoms. The number of anilines is 1. The van der Waals surface area contributed by atoms with Gasteiger partial charge in [-0.2, -0.15) is 0 Å². The van der Waals surface area contributed by atoms with Gasteiger partial charge in [0.2, 0.25) is 0 Å². The van der Waals surface area contributed by atoms with Crippen LogP contribution in [0.1, 0.15) is 22.3 Å². The number of hydrogen-bond donors (Lipinski definition) is 2. The van der Waals surface area contributed by atoms with Crippen molar-refractivity contribution < 1.29 is 4.79 Å². The maximum absolute atomic E-state index is 11.9. The van der Waals surface area contributed by atoms with Crippen LogP contribution < -0.4 is 11.1 Å². The molecule has 0 spiro atoms. The third-order valence-corrected chi connectivity index (χ3v) is 3.75. The Labute approximate surface area is 109 Å². The zero-order valence-corrected chi connectivity index (χ0v) is 10.6. The van der Waals surface area contributed by atoms with E-state index in [1.807, 2.05) is 23.6 Å². The number of fused-ring (bicyclic) bond motifs is 1. The first-order chi connectivity index (χ1) is 8.74. The molecule has 0 fully saturated rings. The van der Waals surface area contributed by atoms with Gasteiger partial charge < -0.3 is 11.1 Å². The number of nitrogens with one attached hydrogen (secondary N) is 1. The Balaban J connectivity index is 2.07. The summed E-state index contributed by atoms with van der Waals surface area (Å²) >= 11 is 1.41. The van der Waals surface area contributed by atoms with Crippen molar-refractivity contribution in [2.75, 3.05) is 12.3 Å². The molecule has 0 radical (unpaired) electrons. The second-order valence-corrected chi connectivity index (χ2v) is 5.19. The topological polar surface area (TPSA) is 68.0 Å². The second-order valence-electron chi connectivity index (χ2n) is 4.30. The van der Waals surface area contributed by atoms with E-state index in [2.05, 4.69) is 10.3 Å². The maximum Gasteiger partial charge on any atom is 0.251 e. The number of aryl methyl sites for hydroxylation is 1. The number of amides is 1. The Kier molecular flexibility index (Phi) is 2.76. The smallest absolute Gasteiger partial charge is 0.251 e. The standard InChI is InChI=1S/C13H13N3OS/c14-13-16-11(7-18-13)9-4-3-8-2-1-5-15-12(17)10(8)6-9/h3-4,6-7H,1-2,5H2,(H2,14,16)(H,15,17). The summed E-state index contributed by atoms with van der Waals surface area (Å²) in [6.45, 7) is 0.743. The van der Waals surface area contributed by atoms with Gasteiger partial charge in [0.15, 0.2) is 5.13 Å². The number of nitrogen functional groups attached to an aromatic ring is 1. The van der Waals surface area contributed by atoms with Gasteiger partial charge in [0.1, 0.15) is 0 Å². The number of nitrogens with zero attached hydrogens (tertiary/aromatic N) is 1. The minimum atomic E-state index is 0.00699. The van der Waals surface area contributed by atoms with Gasteiger partial charge in [-0.1, -0.05) is 12.1 Å². The van der Waals surface area contributed by atoms with Crippen molar-refractivity contribution in [3.8, 4) is 11.3 Å². The van der Waals surface area contributed by atoms with E-state index in [1.165, 1.54) is 11.3 Å². The summed E-state index contributed by atoms with van der Waals surface area (Å²) < 4.78 is 0. The molecule has 1 amide bonds. The minimum absolute atomic E-state index is 0.00699. The van der Waals surface area contributed by atoms with E-state index >= 15 is 0 Å². The lowest BCUT2D eigenvalue weighted by Gasteiger charge is -2.06. The molecule has 3 rings (SSSR count). The third-order valence-electron chi connectivity index (χ3n) is 3.08. The van der Waals surface area contributed by atoms with Crippen LogP contribution in [0.3, 0.4) is 0 Å². The van der Waals surface area contributed by atoms with Gasteiger partial charge in [-0.25, -0.2) is 4.98 Å². The fraction of sp³-hybridized carbons (Fsp3) is 0.231. The first kappa shape index (κ1) is 11.2. The van der Waals surface area contributed by atoms with Crippen LogP contribution in [0, 0.1) is 0 Å². The van der Waals surface area contributed by atoms with Gasteiger partial charge in [0.25, 0.3) is 5.91 Å². The summed E-state index contributed by atoms with van der Waals surface area (Å²) in [5, 5.41) is 5.36. The Hall–Kier alpha value is -1.88. The van der Waals surface area contributed by atoms with Crippen molar-refractivity contribution >= 4 is 22.4 Å². The highest BCUT2D eigenvalue weighted by Gasteiger charge is 2.16. The Morgan fingerprint density at radius 2 is 2.28 bits per heavy atom. The number of carbonyl (C=O) groups is 1. The first-order valence-corrected chi connectivity index (χ1v) is 6.74. The van der Waals surface area contributed by atoms with Gasteiger partial charge in [0.05, 0.1) is 5.69 Å². The predicted octanol–water partition coefficient (Wildman–Crippen LogP) is 2.07. The number of aromatic nitrogens is 1. The molecule has 4 nitrogen and oxygen atoms in total. The molecule has 1 aliphatic heterocycles. The predicted molar refractivity (Wildman–Crippen MR) is 72.6 cm³/mol. The van der Waals surface area contributed by atoms with Crippen molar-refractivity contribution in [2.24, 2.45) is 0 Å². The Bertz CT molecular complexity index is 606. The van der Waals surface area contributed by atoms with Crippen LogP contribution in [-0.4, -0.2) is 17.4 Å². The maximum atomic E-state index is 11.9. The number of rotatable bonds is 1. The van der Waals surface area contributed by atoms with E-state index in [0.717, 1.165) is 41.8 Å². The molecule has 3 N–H and O–H groups in total. The minimum Gasteiger partial charge on any atom is -0.375 e. The van der Waals surface area contributed by atoms with Crippen molar-refractivity contribution in [1.29, 1.82) is 0 Å². The SMILES string of the molecule is Nc1nc(-c2ccc3c(c2)C(=O)NCCC3)cs1. The third kappa shape index (κ3) is 1.97. The number of benzene rings is 1. The summed E-state index contributed by atoms with van der Waals surface area (Å²) in [7, 11) is 0. The number of carbonyl (C=O) groups excluding carboxylic acids is 1. The molecule has 0 saturated heterocycles. The Morgan fingerprint density at radius 3 is 3.06 bits per heavy atom. The van der Waals surface area contributed by atoms with Gasteiger partial charge in [-0.05, 0) is 24.5 Å². The molecular formula is C13H13N3OS.